The molecule has 0 radical (unpaired) electrons. The first-order chi connectivity index (χ1) is 15.9. The summed E-state index contributed by atoms with van der Waals surface area (Å²) in [5, 5.41) is 3.48. The molecule has 7 nitrogen and oxygen atoms in total. The van der Waals surface area contributed by atoms with Gasteiger partial charge in [-0.25, -0.2) is 9.97 Å². The highest BCUT2D eigenvalue weighted by Crippen LogP contribution is 2.35. The molecule has 0 spiro atoms. The van der Waals surface area contributed by atoms with Gasteiger partial charge in [0.2, 0.25) is 5.91 Å². The molecule has 2 unspecified atom stereocenters. The molecule has 0 bridgehead atoms. The lowest BCUT2D eigenvalue weighted by Crippen LogP contribution is -2.27. The molecule has 178 valence electrons. The molecule has 1 aromatic heterocycles. The highest BCUT2D eigenvalue weighted by atomic mass is 35.5. The van der Waals surface area contributed by atoms with Crippen LogP contribution in [-0.4, -0.2) is 48.3 Å². The Kier molecular flexibility index (Phi) is 7.71. The number of aromatic nitrogens is 2. The highest BCUT2D eigenvalue weighted by molar-refractivity contribution is 6.32. The van der Waals surface area contributed by atoms with E-state index in [9.17, 15) is 4.79 Å². The number of anilines is 1. The summed E-state index contributed by atoms with van der Waals surface area (Å²) in [5.74, 6) is 2.76. The SMILES string of the molecule is COC1CCCC(c2ncc(Cl)c(N3CC[C@@H](Oc4ccc([C@H](C)NC(C)=O)cc4)C3)n2)C1. The van der Waals surface area contributed by atoms with E-state index in [1.807, 2.05) is 31.2 Å². The molecule has 2 fully saturated rings. The van der Waals surface area contributed by atoms with Crippen LogP contribution in [0.3, 0.4) is 0 Å². The molecule has 1 N–H and O–H groups in total. The normalized spacial score (nSPS) is 23.9. The Morgan fingerprint density at radius 2 is 2.00 bits per heavy atom. The van der Waals surface area contributed by atoms with Crippen LogP contribution in [0.25, 0.3) is 0 Å². The van der Waals surface area contributed by atoms with E-state index in [2.05, 4.69) is 15.2 Å². The number of nitrogens with zero attached hydrogens (tertiary/aromatic N) is 3. The van der Waals surface area contributed by atoms with Crippen LogP contribution in [0, 0.1) is 0 Å². The average Bonchev–Trinajstić information content (AvgIpc) is 3.27. The first-order valence-corrected chi connectivity index (χ1v) is 12.1. The van der Waals surface area contributed by atoms with Crippen molar-refractivity contribution in [3.8, 4) is 5.75 Å². The summed E-state index contributed by atoms with van der Waals surface area (Å²) in [4.78, 5) is 22.9. The van der Waals surface area contributed by atoms with E-state index < -0.39 is 0 Å². The van der Waals surface area contributed by atoms with E-state index in [1.54, 1.807) is 13.3 Å². The third-order valence-electron chi connectivity index (χ3n) is 6.62. The van der Waals surface area contributed by atoms with E-state index in [4.69, 9.17) is 26.1 Å². The van der Waals surface area contributed by atoms with Gasteiger partial charge in [0.1, 0.15) is 22.7 Å². The standard InChI is InChI=1S/C25H33ClN4O3/c1-16(28-17(2)31)18-7-9-20(10-8-18)33-22-11-12-30(15-22)25-23(26)14-27-24(29-25)19-5-4-6-21(13-19)32-3/h7-10,14,16,19,21-22H,4-6,11-13,15H2,1-3H3,(H,28,31)/t16-,19?,21?,22+/m0/s1. The van der Waals surface area contributed by atoms with Gasteiger partial charge in [-0.3, -0.25) is 4.79 Å². The van der Waals surface area contributed by atoms with Gasteiger partial charge in [0.25, 0.3) is 0 Å². The van der Waals surface area contributed by atoms with Gasteiger partial charge in [0, 0.05) is 32.9 Å². The fourth-order valence-electron chi connectivity index (χ4n) is 4.82. The number of ether oxygens (including phenoxy) is 2. The van der Waals surface area contributed by atoms with Gasteiger partial charge in [0.15, 0.2) is 5.82 Å². The third kappa shape index (κ3) is 5.95. The summed E-state index contributed by atoms with van der Waals surface area (Å²) in [6, 6.07) is 7.88. The smallest absolute Gasteiger partial charge is 0.217 e. The Labute approximate surface area is 200 Å². The van der Waals surface area contributed by atoms with Gasteiger partial charge >= 0.3 is 0 Å². The molecule has 2 aliphatic rings. The third-order valence-corrected chi connectivity index (χ3v) is 6.88. The molecule has 1 aliphatic carbocycles. The molecule has 1 aliphatic heterocycles. The second kappa shape index (κ2) is 10.7. The Hall–Kier alpha value is -2.38. The van der Waals surface area contributed by atoms with E-state index in [0.717, 1.165) is 68.1 Å². The Balaban J connectivity index is 1.38. The van der Waals surface area contributed by atoms with Crippen molar-refractivity contribution >= 4 is 23.3 Å². The zero-order valence-corrected chi connectivity index (χ0v) is 20.3. The molecule has 1 amide bonds. The van der Waals surface area contributed by atoms with Crippen molar-refractivity contribution in [1.82, 2.24) is 15.3 Å². The lowest BCUT2D eigenvalue weighted by atomic mass is 9.86. The molecule has 1 saturated heterocycles. The number of nitrogens with one attached hydrogen (secondary N) is 1. The van der Waals surface area contributed by atoms with Crippen LogP contribution in [-0.2, 0) is 9.53 Å². The maximum Gasteiger partial charge on any atom is 0.217 e. The summed E-state index contributed by atoms with van der Waals surface area (Å²) in [5.41, 5.74) is 1.05. The van der Waals surface area contributed by atoms with Crippen molar-refractivity contribution in [2.45, 2.75) is 70.1 Å². The molecule has 1 aromatic carbocycles. The van der Waals surface area contributed by atoms with Crippen molar-refractivity contribution in [2.24, 2.45) is 0 Å². The van der Waals surface area contributed by atoms with E-state index in [1.165, 1.54) is 6.92 Å². The van der Waals surface area contributed by atoms with Gasteiger partial charge in [0.05, 0.1) is 24.9 Å². The molecule has 2 heterocycles. The van der Waals surface area contributed by atoms with Gasteiger partial charge < -0.3 is 19.7 Å². The van der Waals surface area contributed by atoms with E-state index in [-0.39, 0.29) is 24.2 Å². The number of hydrogen-bond donors (Lipinski definition) is 1. The molecule has 8 heteroatoms. The van der Waals surface area contributed by atoms with Gasteiger partial charge in [-0.1, -0.05) is 30.2 Å². The van der Waals surface area contributed by atoms with E-state index >= 15 is 0 Å². The predicted octanol–water partition coefficient (Wildman–Crippen LogP) is 4.66. The summed E-state index contributed by atoms with van der Waals surface area (Å²) < 4.78 is 11.8. The van der Waals surface area contributed by atoms with Crippen LogP contribution >= 0.6 is 11.6 Å². The predicted molar refractivity (Wildman–Crippen MR) is 129 cm³/mol. The first-order valence-electron chi connectivity index (χ1n) is 11.8. The van der Waals surface area contributed by atoms with Crippen LogP contribution in [0.4, 0.5) is 5.82 Å². The van der Waals surface area contributed by atoms with Crippen molar-refractivity contribution in [2.75, 3.05) is 25.1 Å². The number of methoxy groups -OCH3 is 1. The maximum atomic E-state index is 11.3. The molecule has 4 rings (SSSR count). The molecule has 33 heavy (non-hydrogen) atoms. The minimum atomic E-state index is -0.0394. The molecular weight excluding hydrogens is 440 g/mol. The molecule has 1 saturated carbocycles. The lowest BCUT2D eigenvalue weighted by Gasteiger charge is -2.28. The fraction of sp³-hybridized carbons (Fsp3) is 0.560. The number of amides is 1. The van der Waals surface area contributed by atoms with Crippen molar-refractivity contribution in [1.29, 1.82) is 0 Å². The number of carbonyl (C=O) groups excluding carboxylic acids is 1. The zero-order valence-electron chi connectivity index (χ0n) is 19.6. The van der Waals surface area contributed by atoms with Crippen LogP contribution in [0.1, 0.15) is 69.3 Å². The lowest BCUT2D eigenvalue weighted by molar-refractivity contribution is -0.119. The summed E-state index contributed by atoms with van der Waals surface area (Å²) in [6.07, 6.45) is 7.25. The van der Waals surface area contributed by atoms with Crippen molar-refractivity contribution in [3.63, 3.8) is 0 Å². The quantitative estimate of drug-likeness (QED) is 0.631. The van der Waals surface area contributed by atoms with Crippen LogP contribution < -0.4 is 15.0 Å². The van der Waals surface area contributed by atoms with Crippen LogP contribution in [0.5, 0.6) is 5.75 Å². The first kappa shape index (κ1) is 23.8. The topological polar surface area (TPSA) is 76.6 Å². The minimum Gasteiger partial charge on any atom is -0.489 e. The monoisotopic (exact) mass is 472 g/mol. The largest absolute Gasteiger partial charge is 0.489 e. The van der Waals surface area contributed by atoms with Gasteiger partial charge in [-0.15, -0.1) is 0 Å². The van der Waals surface area contributed by atoms with Gasteiger partial charge in [-0.05, 0) is 43.9 Å². The second-order valence-electron chi connectivity index (χ2n) is 9.09. The van der Waals surface area contributed by atoms with Gasteiger partial charge in [-0.2, -0.15) is 0 Å². The fourth-order valence-corrected chi connectivity index (χ4v) is 5.03. The highest BCUT2D eigenvalue weighted by Gasteiger charge is 2.29. The maximum absolute atomic E-state index is 11.3. The molecular formula is C25H33ClN4O3. The number of rotatable bonds is 7. The Morgan fingerprint density at radius 3 is 2.73 bits per heavy atom. The summed E-state index contributed by atoms with van der Waals surface area (Å²) in [7, 11) is 1.78. The number of hydrogen-bond acceptors (Lipinski definition) is 6. The number of benzene rings is 1. The van der Waals surface area contributed by atoms with Crippen molar-refractivity contribution in [3.05, 3.63) is 46.9 Å². The zero-order chi connectivity index (χ0) is 23.4. The van der Waals surface area contributed by atoms with E-state index in [0.29, 0.717) is 10.9 Å². The number of carbonyl (C=O) groups is 1. The Bertz CT molecular complexity index is 955. The molecule has 4 atom stereocenters. The van der Waals surface area contributed by atoms with Crippen LogP contribution in [0.2, 0.25) is 5.02 Å². The summed E-state index contributed by atoms with van der Waals surface area (Å²) in [6.45, 7) is 5.06. The average molecular weight is 473 g/mol. The van der Waals surface area contributed by atoms with Crippen LogP contribution in [0.15, 0.2) is 30.5 Å². The minimum absolute atomic E-state index is 0.0315. The Morgan fingerprint density at radius 1 is 1.21 bits per heavy atom. The second-order valence-corrected chi connectivity index (χ2v) is 9.49. The molecule has 2 aromatic rings. The summed E-state index contributed by atoms with van der Waals surface area (Å²) >= 11 is 6.50. The number of halogens is 1. The van der Waals surface area contributed by atoms with Crippen molar-refractivity contribution < 1.29 is 14.3 Å².